The predicted octanol–water partition coefficient (Wildman–Crippen LogP) is 1.94. The molecule has 1 N–H and O–H groups in total. The number of amides is 2. The molecule has 2 fully saturated rings. The van der Waals surface area contributed by atoms with Crippen molar-refractivity contribution in [3.05, 3.63) is 0 Å². The summed E-state index contributed by atoms with van der Waals surface area (Å²) in [6.07, 6.45) is 4.93. The van der Waals surface area contributed by atoms with Gasteiger partial charge in [0.2, 0.25) is 11.8 Å². The van der Waals surface area contributed by atoms with E-state index in [1.165, 1.54) is 12.8 Å². The molecule has 4 nitrogen and oxygen atoms in total. The van der Waals surface area contributed by atoms with Gasteiger partial charge in [-0.2, -0.15) is 0 Å². The van der Waals surface area contributed by atoms with Gasteiger partial charge in [-0.1, -0.05) is 27.2 Å². The first-order chi connectivity index (χ1) is 9.01. The number of carbonyl (C=O) groups excluding carboxylic acids is 2. The summed E-state index contributed by atoms with van der Waals surface area (Å²) in [6.45, 7) is 7.72. The summed E-state index contributed by atoms with van der Waals surface area (Å²) < 4.78 is 0. The van der Waals surface area contributed by atoms with Crippen LogP contribution in [-0.4, -0.2) is 35.8 Å². The minimum Gasteiger partial charge on any atom is -0.344 e. The number of hydrogen-bond acceptors (Lipinski definition) is 2. The van der Waals surface area contributed by atoms with Crippen molar-refractivity contribution < 1.29 is 9.59 Å². The molecule has 1 aliphatic heterocycles. The topological polar surface area (TPSA) is 49.4 Å². The lowest BCUT2D eigenvalue weighted by molar-refractivity contribution is -0.135. The fourth-order valence-electron chi connectivity index (χ4n) is 2.83. The average molecular weight is 266 g/mol. The van der Waals surface area contributed by atoms with Crippen LogP contribution in [0.25, 0.3) is 0 Å². The molecule has 2 amide bonds. The number of nitrogens with zero attached hydrogens (tertiary/aromatic N) is 1. The monoisotopic (exact) mass is 266 g/mol. The van der Waals surface area contributed by atoms with Crippen LogP contribution in [0.15, 0.2) is 0 Å². The van der Waals surface area contributed by atoms with E-state index < -0.39 is 0 Å². The van der Waals surface area contributed by atoms with E-state index in [2.05, 4.69) is 19.2 Å². The smallest absolute Gasteiger partial charge is 0.245 e. The highest BCUT2D eigenvalue weighted by atomic mass is 16.2. The van der Waals surface area contributed by atoms with Crippen LogP contribution in [0.1, 0.15) is 52.9 Å². The first-order valence-corrected chi connectivity index (χ1v) is 7.59. The van der Waals surface area contributed by atoms with E-state index in [1.54, 1.807) is 0 Å². The van der Waals surface area contributed by atoms with Crippen molar-refractivity contribution in [3.8, 4) is 0 Å². The second-order valence-corrected chi connectivity index (χ2v) is 6.29. The predicted molar refractivity (Wildman–Crippen MR) is 74.5 cm³/mol. The van der Waals surface area contributed by atoms with Crippen LogP contribution >= 0.6 is 0 Å². The zero-order valence-corrected chi connectivity index (χ0v) is 12.4. The molecule has 1 aliphatic carbocycles. The van der Waals surface area contributed by atoms with Crippen molar-refractivity contribution in [1.29, 1.82) is 0 Å². The maximum Gasteiger partial charge on any atom is 0.245 e. The lowest BCUT2D eigenvalue weighted by Gasteiger charge is -2.30. The summed E-state index contributed by atoms with van der Waals surface area (Å²) in [7, 11) is 0. The van der Waals surface area contributed by atoms with Gasteiger partial charge in [-0.05, 0) is 30.6 Å². The van der Waals surface area contributed by atoms with E-state index in [0.29, 0.717) is 18.4 Å². The number of rotatable bonds is 5. The Bertz CT molecular complexity index is 363. The molecule has 0 spiro atoms. The lowest BCUT2D eigenvalue weighted by atomic mass is 9.97. The molecule has 2 rings (SSSR count). The SMILES string of the molecule is CCC(C)C1NC(=O)CCN(CC2(CC)CC2)C1=O. The average Bonchev–Trinajstić information content (AvgIpc) is 3.20. The van der Waals surface area contributed by atoms with Crippen LogP contribution in [0, 0.1) is 11.3 Å². The molecular formula is C15H26N2O2. The third-order valence-electron chi connectivity index (χ3n) is 4.95. The number of nitrogens with one attached hydrogen (secondary N) is 1. The summed E-state index contributed by atoms with van der Waals surface area (Å²) in [5.41, 5.74) is 0.350. The van der Waals surface area contributed by atoms with E-state index in [9.17, 15) is 9.59 Å². The highest BCUT2D eigenvalue weighted by molar-refractivity contribution is 5.90. The van der Waals surface area contributed by atoms with Crippen molar-refractivity contribution >= 4 is 11.8 Å². The van der Waals surface area contributed by atoms with Gasteiger partial charge in [0.1, 0.15) is 6.04 Å². The molecule has 0 aromatic carbocycles. The Morgan fingerprint density at radius 1 is 1.37 bits per heavy atom. The molecular weight excluding hydrogens is 240 g/mol. The van der Waals surface area contributed by atoms with Crippen molar-refractivity contribution in [2.75, 3.05) is 13.1 Å². The van der Waals surface area contributed by atoms with Gasteiger partial charge in [0, 0.05) is 19.5 Å². The van der Waals surface area contributed by atoms with Gasteiger partial charge in [0.05, 0.1) is 0 Å². The molecule has 1 saturated carbocycles. The molecule has 0 radical (unpaired) electrons. The van der Waals surface area contributed by atoms with Crippen LogP contribution in [-0.2, 0) is 9.59 Å². The third kappa shape index (κ3) is 3.10. The quantitative estimate of drug-likeness (QED) is 0.826. The van der Waals surface area contributed by atoms with Crippen LogP contribution in [0.2, 0.25) is 0 Å². The first-order valence-electron chi connectivity index (χ1n) is 7.59. The Kier molecular flexibility index (Phi) is 4.16. The van der Waals surface area contributed by atoms with Gasteiger partial charge in [-0.15, -0.1) is 0 Å². The van der Waals surface area contributed by atoms with Crippen LogP contribution in [0.4, 0.5) is 0 Å². The lowest BCUT2D eigenvalue weighted by Crippen LogP contribution is -2.49. The van der Waals surface area contributed by atoms with Crippen molar-refractivity contribution in [3.63, 3.8) is 0 Å². The second-order valence-electron chi connectivity index (χ2n) is 6.29. The summed E-state index contributed by atoms with van der Waals surface area (Å²) in [4.78, 5) is 26.3. The highest BCUT2D eigenvalue weighted by Gasteiger charge is 2.44. The van der Waals surface area contributed by atoms with Crippen molar-refractivity contribution in [2.45, 2.75) is 58.9 Å². The highest BCUT2D eigenvalue weighted by Crippen LogP contribution is 2.49. The van der Waals surface area contributed by atoms with Crippen LogP contribution in [0.3, 0.4) is 0 Å². The van der Waals surface area contributed by atoms with Gasteiger partial charge >= 0.3 is 0 Å². The zero-order chi connectivity index (χ0) is 14.0. The van der Waals surface area contributed by atoms with E-state index in [-0.39, 0.29) is 23.8 Å². The van der Waals surface area contributed by atoms with Gasteiger partial charge < -0.3 is 10.2 Å². The summed E-state index contributed by atoms with van der Waals surface area (Å²) in [6, 6.07) is -0.326. The molecule has 19 heavy (non-hydrogen) atoms. The zero-order valence-electron chi connectivity index (χ0n) is 12.4. The fourth-order valence-corrected chi connectivity index (χ4v) is 2.83. The molecule has 1 heterocycles. The molecule has 2 atom stereocenters. The Balaban J connectivity index is 2.09. The molecule has 0 bridgehead atoms. The van der Waals surface area contributed by atoms with Gasteiger partial charge in [-0.3, -0.25) is 9.59 Å². The molecule has 0 aromatic rings. The van der Waals surface area contributed by atoms with E-state index in [0.717, 1.165) is 19.4 Å². The van der Waals surface area contributed by atoms with Gasteiger partial charge in [0.25, 0.3) is 0 Å². The molecule has 108 valence electrons. The minimum atomic E-state index is -0.326. The fraction of sp³-hybridized carbons (Fsp3) is 0.867. The Labute approximate surface area is 115 Å². The number of hydrogen-bond donors (Lipinski definition) is 1. The van der Waals surface area contributed by atoms with Gasteiger partial charge in [0.15, 0.2) is 0 Å². The summed E-state index contributed by atoms with van der Waals surface area (Å²) in [5.74, 6) is 0.344. The molecule has 2 aliphatic rings. The van der Waals surface area contributed by atoms with Crippen molar-refractivity contribution in [2.24, 2.45) is 11.3 Å². The number of carbonyl (C=O) groups is 2. The normalized spacial score (nSPS) is 27.7. The van der Waals surface area contributed by atoms with Crippen LogP contribution in [0.5, 0.6) is 0 Å². The summed E-state index contributed by atoms with van der Waals surface area (Å²) in [5, 5.41) is 2.90. The second kappa shape index (κ2) is 5.51. The Morgan fingerprint density at radius 2 is 2.05 bits per heavy atom. The molecule has 0 aromatic heterocycles. The molecule has 2 unspecified atom stereocenters. The largest absolute Gasteiger partial charge is 0.344 e. The van der Waals surface area contributed by atoms with E-state index >= 15 is 0 Å². The Hall–Kier alpha value is -1.06. The molecule has 1 saturated heterocycles. The van der Waals surface area contributed by atoms with Gasteiger partial charge in [-0.25, -0.2) is 0 Å². The van der Waals surface area contributed by atoms with Crippen LogP contribution < -0.4 is 5.32 Å². The Morgan fingerprint density at radius 3 is 2.58 bits per heavy atom. The maximum atomic E-state index is 12.6. The van der Waals surface area contributed by atoms with Crippen molar-refractivity contribution in [1.82, 2.24) is 10.2 Å². The first kappa shape index (κ1) is 14.4. The minimum absolute atomic E-state index is 0.0162. The maximum absolute atomic E-state index is 12.6. The van der Waals surface area contributed by atoms with E-state index in [4.69, 9.17) is 0 Å². The van der Waals surface area contributed by atoms with E-state index in [1.807, 2.05) is 11.8 Å². The summed E-state index contributed by atoms with van der Waals surface area (Å²) >= 11 is 0. The third-order valence-corrected chi connectivity index (χ3v) is 4.95. The molecule has 4 heteroatoms. The standard InChI is InChI=1S/C15H26N2O2/c1-4-11(3)13-14(19)17(9-6-12(18)16-13)10-15(5-2)7-8-15/h11,13H,4-10H2,1-3H3,(H,16,18).